The fourth-order valence-corrected chi connectivity index (χ4v) is 6.51. The minimum absolute atomic E-state index is 0.175. The lowest BCUT2D eigenvalue weighted by molar-refractivity contribution is -0.137. The zero-order chi connectivity index (χ0) is 22.9. The minimum atomic E-state index is -1.02. The zero-order valence-corrected chi connectivity index (χ0v) is 20.0. The topological polar surface area (TPSA) is 71.4 Å². The number of ether oxygens (including phenoxy) is 2. The van der Waals surface area contributed by atoms with Gasteiger partial charge < -0.3 is 14.4 Å². The van der Waals surface area contributed by atoms with E-state index in [2.05, 4.69) is 5.10 Å². The maximum absolute atomic E-state index is 12.8. The minimum Gasteiger partial charge on any atom is -0.464 e. The Balaban J connectivity index is 1.89. The van der Waals surface area contributed by atoms with Crippen LogP contribution in [0.15, 0.2) is 70.3 Å². The lowest BCUT2D eigenvalue weighted by Gasteiger charge is -2.41. The number of methoxy groups -OCH3 is 1. The largest absolute Gasteiger partial charge is 0.464 e. The van der Waals surface area contributed by atoms with Crippen LogP contribution < -0.4 is 9.91 Å². The van der Waals surface area contributed by atoms with E-state index in [1.807, 2.05) is 54.3 Å². The van der Waals surface area contributed by atoms with E-state index < -0.39 is 16.3 Å². The molecule has 2 aliphatic heterocycles. The van der Waals surface area contributed by atoms with Crippen molar-refractivity contribution in [2.75, 3.05) is 23.6 Å². The molecular weight excluding hydrogens is 470 g/mol. The van der Waals surface area contributed by atoms with E-state index in [0.29, 0.717) is 21.3 Å². The molecule has 7 nitrogen and oxygen atoms in total. The van der Waals surface area contributed by atoms with Gasteiger partial charge in [-0.25, -0.2) is 14.6 Å². The first-order valence-corrected chi connectivity index (χ1v) is 11.8. The molecule has 32 heavy (non-hydrogen) atoms. The van der Waals surface area contributed by atoms with E-state index in [-0.39, 0.29) is 11.7 Å². The Morgan fingerprint density at radius 3 is 2.34 bits per heavy atom. The van der Waals surface area contributed by atoms with Gasteiger partial charge in [-0.05, 0) is 62.0 Å². The van der Waals surface area contributed by atoms with Gasteiger partial charge in [0.05, 0.1) is 19.4 Å². The molecule has 0 N–H and O–H groups in total. The van der Waals surface area contributed by atoms with Crippen LogP contribution in [0, 0.1) is 0 Å². The highest BCUT2D eigenvalue weighted by atomic mass is 35.5. The number of carbonyl (C=O) groups is 2. The molecule has 0 radical (unpaired) electrons. The summed E-state index contributed by atoms with van der Waals surface area (Å²) in [6.45, 7) is 3.88. The van der Waals surface area contributed by atoms with Crippen LogP contribution in [0.4, 0.5) is 11.4 Å². The second-order valence-electron chi connectivity index (χ2n) is 6.74. The third kappa shape index (κ3) is 3.85. The third-order valence-electron chi connectivity index (χ3n) is 4.78. The molecule has 0 saturated heterocycles. The SMILES string of the molecule is CCOC(=O)C1=C(C)N(c2ccccc2)C2(SC(C(=O)OC)=NN2c2ccc(Cl)cc2)S1. The molecule has 1 atom stereocenters. The van der Waals surface area contributed by atoms with Crippen molar-refractivity contribution in [3.63, 3.8) is 0 Å². The number of anilines is 2. The van der Waals surface area contributed by atoms with Crippen molar-refractivity contribution in [2.24, 2.45) is 5.10 Å². The summed E-state index contributed by atoms with van der Waals surface area (Å²) in [6, 6.07) is 16.8. The van der Waals surface area contributed by atoms with Gasteiger partial charge in [-0.2, -0.15) is 5.10 Å². The Hall–Kier alpha value is -2.62. The number of hydrogen-bond donors (Lipinski definition) is 0. The summed E-state index contributed by atoms with van der Waals surface area (Å²) in [6.07, 6.45) is 0. The standard InChI is InChI=1S/C22H20ClN3O4S2/c1-4-30-20(27)18-14(2)25(16-8-6-5-7-9-16)22(31-18)26(17-12-10-15(23)11-13-17)24-19(32-22)21(28)29-3/h5-13H,4H2,1-3H3. The summed E-state index contributed by atoms with van der Waals surface area (Å²) in [5.41, 5.74) is 2.24. The lowest BCUT2D eigenvalue weighted by Crippen LogP contribution is -2.49. The molecule has 0 aromatic heterocycles. The molecular formula is C22H20ClN3O4S2. The number of esters is 2. The Morgan fingerprint density at radius 1 is 1.03 bits per heavy atom. The first kappa shape index (κ1) is 22.6. The molecule has 2 aromatic rings. The summed E-state index contributed by atoms with van der Waals surface area (Å²) in [4.78, 5) is 27.7. The van der Waals surface area contributed by atoms with Gasteiger partial charge in [0.15, 0.2) is 0 Å². The average Bonchev–Trinajstić information content (AvgIpc) is 3.32. The molecule has 10 heteroatoms. The maximum atomic E-state index is 12.8. The van der Waals surface area contributed by atoms with Crippen molar-refractivity contribution in [3.05, 3.63) is 70.2 Å². The summed E-state index contributed by atoms with van der Waals surface area (Å²) >= 11 is 8.60. The van der Waals surface area contributed by atoms with Crippen LogP contribution >= 0.6 is 35.1 Å². The number of allylic oxidation sites excluding steroid dienone is 1. The molecule has 1 spiro atoms. The van der Waals surface area contributed by atoms with Crippen molar-refractivity contribution in [1.82, 2.24) is 0 Å². The summed E-state index contributed by atoms with van der Waals surface area (Å²) in [5.74, 6) is -0.974. The number of halogens is 1. The fourth-order valence-electron chi connectivity index (χ4n) is 3.41. The molecule has 166 valence electrons. The van der Waals surface area contributed by atoms with Crippen molar-refractivity contribution in [1.29, 1.82) is 0 Å². The van der Waals surface area contributed by atoms with E-state index in [0.717, 1.165) is 5.69 Å². The Labute approximate surface area is 199 Å². The molecule has 2 aliphatic rings. The molecule has 2 heterocycles. The highest BCUT2D eigenvalue weighted by molar-refractivity contribution is 8.29. The monoisotopic (exact) mass is 489 g/mol. The Bertz CT molecular complexity index is 1110. The van der Waals surface area contributed by atoms with Gasteiger partial charge in [0.1, 0.15) is 4.91 Å². The van der Waals surface area contributed by atoms with Crippen LogP contribution in [-0.2, 0) is 19.1 Å². The second kappa shape index (κ2) is 9.09. The van der Waals surface area contributed by atoms with Gasteiger partial charge in [-0.15, -0.1) is 0 Å². The summed E-state index contributed by atoms with van der Waals surface area (Å²) in [5, 5.41) is 7.06. The van der Waals surface area contributed by atoms with Crippen LogP contribution in [0.1, 0.15) is 13.8 Å². The normalized spacial score (nSPS) is 20.1. The predicted molar refractivity (Wildman–Crippen MR) is 130 cm³/mol. The lowest BCUT2D eigenvalue weighted by atomic mass is 10.2. The maximum Gasteiger partial charge on any atom is 0.365 e. The number of hydrogen-bond acceptors (Lipinski definition) is 9. The van der Waals surface area contributed by atoms with Gasteiger partial charge >= 0.3 is 11.9 Å². The van der Waals surface area contributed by atoms with Gasteiger partial charge in [-0.3, -0.25) is 0 Å². The Kier molecular flexibility index (Phi) is 6.41. The van der Waals surface area contributed by atoms with Gasteiger partial charge in [0.25, 0.3) is 0 Å². The fraction of sp³-hybridized carbons (Fsp3) is 0.227. The van der Waals surface area contributed by atoms with Crippen molar-refractivity contribution < 1.29 is 19.1 Å². The number of benzene rings is 2. The zero-order valence-electron chi connectivity index (χ0n) is 17.6. The second-order valence-corrected chi connectivity index (χ2v) is 9.78. The molecule has 4 rings (SSSR count). The number of rotatable bonds is 5. The van der Waals surface area contributed by atoms with E-state index in [9.17, 15) is 9.59 Å². The quantitative estimate of drug-likeness (QED) is 0.541. The molecule has 0 bridgehead atoms. The molecule has 1 unspecified atom stereocenters. The van der Waals surface area contributed by atoms with E-state index in [1.165, 1.54) is 30.6 Å². The highest BCUT2D eigenvalue weighted by Crippen LogP contribution is 2.60. The third-order valence-corrected chi connectivity index (χ3v) is 7.88. The highest BCUT2D eigenvalue weighted by Gasteiger charge is 2.58. The first-order chi connectivity index (χ1) is 15.4. The van der Waals surface area contributed by atoms with Crippen LogP contribution in [0.5, 0.6) is 0 Å². The number of thioether (sulfide) groups is 2. The predicted octanol–water partition coefficient (Wildman–Crippen LogP) is 5.04. The summed E-state index contributed by atoms with van der Waals surface area (Å²) in [7, 11) is 1.31. The van der Waals surface area contributed by atoms with Crippen LogP contribution in [-0.4, -0.2) is 35.0 Å². The van der Waals surface area contributed by atoms with Gasteiger partial charge in [0.2, 0.25) is 9.37 Å². The van der Waals surface area contributed by atoms with Crippen molar-refractivity contribution >= 4 is 63.5 Å². The van der Waals surface area contributed by atoms with Gasteiger partial charge in [-0.1, -0.05) is 41.6 Å². The van der Waals surface area contributed by atoms with Crippen LogP contribution in [0.2, 0.25) is 5.02 Å². The van der Waals surface area contributed by atoms with Crippen molar-refractivity contribution in [2.45, 2.75) is 18.2 Å². The van der Waals surface area contributed by atoms with Crippen LogP contribution in [0.3, 0.4) is 0 Å². The molecule has 0 fully saturated rings. The number of para-hydroxylation sites is 1. The number of hydrazone groups is 1. The molecule has 0 amide bonds. The molecule has 0 saturated carbocycles. The summed E-state index contributed by atoms with van der Waals surface area (Å²) < 4.78 is 9.24. The van der Waals surface area contributed by atoms with E-state index in [4.69, 9.17) is 21.1 Å². The average molecular weight is 490 g/mol. The van der Waals surface area contributed by atoms with Crippen molar-refractivity contribution in [3.8, 4) is 0 Å². The molecule has 0 aliphatic carbocycles. The Morgan fingerprint density at radius 2 is 1.72 bits per heavy atom. The van der Waals surface area contributed by atoms with E-state index >= 15 is 0 Å². The first-order valence-electron chi connectivity index (χ1n) is 9.75. The smallest absolute Gasteiger partial charge is 0.365 e. The molecule has 2 aromatic carbocycles. The van der Waals surface area contributed by atoms with E-state index in [1.54, 1.807) is 24.1 Å². The van der Waals surface area contributed by atoms with Gasteiger partial charge in [0, 0.05) is 16.4 Å². The number of carbonyl (C=O) groups excluding carboxylic acids is 2. The van der Waals surface area contributed by atoms with Crippen LogP contribution in [0.25, 0.3) is 0 Å². The number of nitrogens with zero attached hydrogens (tertiary/aromatic N) is 3.